The van der Waals surface area contributed by atoms with Crippen molar-refractivity contribution < 1.29 is 19.1 Å². The Morgan fingerprint density at radius 2 is 1.48 bits per heavy atom. The zero-order valence-corrected chi connectivity index (χ0v) is 13.5. The van der Waals surface area contributed by atoms with Crippen molar-refractivity contribution in [1.29, 1.82) is 0 Å². The highest BCUT2D eigenvalue weighted by Gasteiger charge is 2.49. The second-order valence-corrected chi connectivity index (χ2v) is 6.28. The minimum absolute atomic E-state index is 0.132. The summed E-state index contributed by atoms with van der Waals surface area (Å²) in [6.45, 7) is 5.38. The topological polar surface area (TPSA) is 63.7 Å². The average Bonchev–Trinajstić information content (AvgIpc) is 2.72. The highest BCUT2D eigenvalue weighted by molar-refractivity contribution is 6.22. The Morgan fingerprint density at radius 1 is 1.00 bits per heavy atom. The molecule has 2 atom stereocenters. The SMILES string of the molecule is CC(=O)Oc1ccc(N2C(=O)[C@@H]3CC(C)=C(C)C[C@H]3C2=O)cc1. The molecular weight excluding hydrogens is 294 g/mol. The number of rotatable bonds is 2. The van der Waals surface area contributed by atoms with Gasteiger partial charge in [-0.15, -0.1) is 0 Å². The number of imide groups is 1. The highest BCUT2D eigenvalue weighted by atomic mass is 16.5. The van der Waals surface area contributed by atoms with Crippen LogP contribution in [0.5, 0.6) is 5.75 Å². The van der Waals surface area contributed by atoms with Crippen LogP contribution in [0, 0.1) is 11.8 Å². The van der Waals surface area contributed by atoms with Crippen molar-refractivity contribution in [2.24, 2.45) is 11.8 Å². The Balaban J connectivity index is 1.86. The normalized spacial score (nSPS) is 24.0. The summed E-state index contributed by atoms with van der Waals surface area (Å²) in [4.78, 5) is 37.5. The number of ether oxygens (including phenoxy) is 1. The zero-order valence-electron chi connectivity index (χ0n) is 13.5. The van der Waals surface area contributed by atoms with Crippen LogP contribution >= 0.6 is 0 Å². The standard InChI is InChI=1S/C18H19NO4/c1-10-8-15-16(9-11(10)2)18(22)19(17(15)21)13-4-6-14(7-5-13)23-12(3)20/h4-7,15-16H,8-9H2,1-3H3/t15-,16-/m1/s1. The number of hydrogen-bond acceptors (Lipinski definition) is 4. The van der Waals surface area contributed by atoms with Crippen LogP contribution in [-0.2, 0) is 14.4 Å². The van der Waals surface area contributed by atoms with Crippen molar-refractivity contribution in [1.82, 2.24) is 0 Å². The number of hydrogen-bond donors (Lipinski definition) is 0. The van der Waals surface area contributed by atoms with Gasteiger partial charge in [0.25, 0.3) is 0 Å². The molecule has 120 valence electrons. The van der Waals surface area contributed by atoms with E-state index in [-0.39, 0.29) is 23.7 Å². The molecule has 0 bridgehead atoms. The largest absolute Gasteiger partial charge is 0.427 e. The van der Waals surface area contributed by atoms with Gasteiger partial charge >= 0.3 is 5.97 Å². The molecule has 5 nitrogen and oxygen atoms in total. The summed E-state index contributed by atoms with van der Waals surface area (Å²) in [5.74, 6) is -0.780. The first kappa shape index (κ1) is 15.5. The maximum atomic E-state index is 12.7. The number of allylic oxidation sites excluding steroid dienone is 2. The molecule has 1 aromatic rings. The first-order valence-electron chi connectivity index (χ1n) is 7.70. The summed E-state index contributed by atoms with van der Waals surface area (Å²) in [6, 6.07) is 6.46. The second kappa shape index (κ2) is 5.65. The molecule has 1 aromatic carbocycles. The molecule has 5 heteroatoms. The van der Waals surface area contributed by atoms with E-state index >= 15 is 0 Å². The molecule has 0 N–H and O–H groups in total. The molecule has 1 heterocycles. The minimum atomic E-state index is -0.408. The fourth-order valence-corrected chi connectivity index (χ4v) is 3.34. The molecule has 0 radical (unpaired) electrons. The second-order valence-electron chi connectivity index (χ2n) is 6.28. The van der Waals surface area contributed by atoms with Crippen molar-refractivity contribution in [3.05, 3.63) is 35.4 Å². The third-order valence-electron chi connectivity index (χ3n) is 4.70. The number of benzene rings is 1. The number of anilines is 1. The Morgan fingerprint density at radius 3 is 1.91 bits per heavy atom. The fourth-order valence-electron chi connectivity index (χ4n) is 3.34. The fraction of sp³-hybridized carbons (Fsp3) is 0.389. The molecule has 0 aromatic heterocycles. The lowest BCUT2D eigenvalue weighted by atomic mass is 9.78. The van der Waals surface area contributed by atoms with Crippen molar-refractivity contribution in [2.45, 2.75) is 33.6 Å². The summed E-state index contributed by atoms with van der Waals surface area (Å²) in [7, 11) is 0. The number of carbonyl (C=O) groups is 3. The van der Waals surface area contributed by atoms with E-state index in [1.165, 1.54) is 23.0 Å². The monoisotopic (exact) mass is 313 g/mol. The van der Waals surface area contributed by atoms with Crippen LogP contribution in [0.15, 0.2) is 35.4 Å². The summed E-state index contributed by atoms with van der Waals surface area (Å²) in [6.07, 6.45) is 1.31. The van der Waals surface area contributed by atoms with E-state index in [2.05, 4.69) is 0 Å². The molecule has 0 spiro atoms. The van der Waals surface area contributed by atoms with Crippen LogP contribution in [0.25, 0.3) is 0 Å². The third kappa shape index (κ3) is 2.67. The predicted molar refractivity (Wildman–Crippen MR) is 84.8 cm³/mol. The Bertz CT molecular complexity index is 685. The van der Waals surface area contributed by atoms with Gasteiger partial charge in [-0.2, -0.15) is 0 Å². The number of amides is 2. The molecular formula is C18H19NO4. The molecule has 0 unspecified atom stereocenters. The van der Waals surface area contributed by atoms with E-state index in [4.69, 9.17) is 4.74 Å². The van der Waals surface area contributed by atoms with Gasteiger partial charge < -0.3 is 4.74 Å². The molecule has 0 saturated carbocycles. The van der Waals surface area contributed by atoms with Crippen LogP contribution in [0.2, 0.25) is 0 Å². The van der Waals surface area contributed by atoms with Gasteiger partial charge in [-0.25, -0.2) is 0 Å². The molecule has 1 aliphatic heterocycles. The first-order valence-corrected chi connectivity index (χ1v) is 7.70. The van der Waals surface area contributed by atoms with E-state index in [1.54, 1.807) is 24.3 Å². The molecule has 1 aliphatic carbocycles. The highest BCUT2D eigenvalue weighted by Crippen LogP contribution is 2.42. The van der Waals surface area contributed by atoms with E-state index in [0.29, 0.717) is 24.3 Å². The lowest BCUT2D eigenvalue weighted by Crippen LogP contribution is -2.30. The lowest BCUT2D eigenvalue weighted by molar-refractivity contribution is -0.132. The Kier molecular flexibility index (Phi) is 3.80. The van der Waals surface area contributed by atoms with Crippen molar-refractivity contribution in [2.75, 3.05) is 4.90 Å². The maximum Gasteiger partial charge on any atom is 0.308 e. The van der Waals surface area contributed by atoms with Gasteiger partial charge in [-0.05, 0) is 51.0 Å². The zero-order chi connectivity index (χ0) is 16.7. The van der Waals surface area contributed by atoms with Crippen molar-refractivity contribution in [3.8, 4) is 5.75 Å². The Labute approximate surface area is 134 Å². The lowest BCUT2D eigenvalue weighted by Gasteiger charge is -2.23. The van der Waals surface area contributed by atoms with Gasteiger partial charge in [0.15, 0.2) is 0 Å². The van der Waals surface area contributed by atoms with Gasteiger partial charge in [0.05, 0.1) is 17.5 Å². The molecule has 2 aliphatic rings. The van der Waals surface area contributed by atoms with Crippen LogP contribution in [0.3, 0.4) is 0 Å². The van der Waals surface area contributed by atoms with Gasteiger partial charge in [0.1, 0.15) is 5.75 Å². The van der Waals surface area contributed by atoms with Gasteiger partial charge in [0.2, 0.25) is 11.8 Å². The summed E-state index contributed by atoms with van der Waals surface area (Å²) < 4.78 is 4.97. The van der Waals surface area contributed by atoms with E-state index in [1.807, 2.05) is 13.8 Å². The molecule has 1 fully saturated rings. The number of esters is 1. The molecule has 23 heavy (non-hydrogen) atoms. The van der Waals surface area contributed by atoms with Crippen molar-refractivity contribution >= 4 is 23.5 Å². The van der Waals surface area contributed by atoms with Crippen LogP contribution in [0.4, 0.5) is 5.69 Å². The average molecular weight is 313 g/mol. The van der Waals surface area contributed by atoms with Crippen LogP contribution in [0.1, 0.15) is 33.6 Å². The molecule has 3 rings (SSSR count). The van der Waals surface area contributed by atoms with Gasteiger partial charge in [-0.3, -0.25) is 19.3 Å². The van der Waals surface area contributed by atoms with Crippen LogP contribution < -0.4 is 9.64 Å². The summed E-state index contributed by atoms with van der Waals surface area (Å²) in [5.41, 5.74) is 2.94. The smallest absolute Gasteiger partial charge is 0.308 e. The quantitative estimate of drug-likeness (QED) is 0.364. The van der Waals surface area contributed by atoms with Crippen LogP contribution in [-0.4, -0.2) is 17.8 Å². The van der Waals surface area contributed by atoms with Crippen molar-refractivity contribution in [3.63, 3.8) is 0 Å². The molecule has 1 saturated heterocycles. The summed E-state index contributed by atoms with van der Waals surface area (Å²) >= 11 is 0. The first-order chi connectivity index (χ1) is 10.9. The number of nitrogens with zero attached hydrogens (tertiary/aromatic N) is 1. The molecule has 2 amide bonds. The minimum Gasteiger partial charge on any atom is -0.427 e. The maximum absolute atomic E-state index is 12.7. The van der Waals surface area contributed by atoms with E-state index in [0.717, 1.165) is 0 Å². The van der Waals surface area contributed by atoms with Gasteiger partial charge in [-0.1, -0.05) is 11.1 Å². The summed E-state index contributed by atoms with van der Waals surface area (Å²) in [5, 5.41) is 0. The number of carbonyl (C=O) groups excluding carboxylic acids is 3. The van der Waals surface area contributed by atoms with E-state index < -0.39 is 5.97 Å². The van der Waals surface area contributed by atoms with Gasteiger partial charge in [0, 0.05) is 6.92 Å². The predicted octanol–water partition coefficient (Wildman–Crippen LogP) is 2.85. The number of fused-ring (bicyclic) bond motifs is 1. The van der Waals surface area contributed by atoms with E-state index in [9.17, 15) is 14.4 Å². The Hall–Kier alpha value is -2.43. The third-order valence-corrected chi connectivity index (χ3v) is 4.70.